The van der Waals surface area contributed by atoms with E-state index in [4.69, 9.17) is 23.1 Å². The fraction of sp³-hybridized carbons (Fsp3) is 0.400. The Morgan fingerprint density at radius 3 is 2.41 bits per heavy atom. The molecule has 180 valence electrons. The van der Waals surface area contributed by atoms with Gasteiger partial charge in [-0.15, -0.1) is 0 Å². The van der Waals surface area contributed by atoms with E-state index in [0.29, 0.717) is 68.3 Å². The molecule has 0 atom stereocenters. The molecule has 0 unspecified atom stereocenters. The summed E-state index contributed by atoms with van der Waals surface area (Å²) in [5.41, 5.74) is 12.6. The lowest BCUT2D eigenvalue weighted by molar-refractivity contribution is -0.138. The van der Waals surface area contributed by atoms with Gasteiger partial charge in [-0.1, -0.05) is 35.9 Å². The van der Waals surface area contributed by atoms with Crippen molar-refractivity contribution in [2.45, 2.75) is 31.2 Å². The summed E-state index contributed by atoms with van der Waals surface area (Å²) in [5.74, 6) is -0.482. The Kier molecular flexibility index (Phi) is 7.09. The first-order valence-electron chi connectivity index (χ1n) is 11.5. The number of aryl methyl sites for hydroxylation is 1. The minimum absolute atomic E-state index is 0.00394. The van der Waals surface area contributed by atoms with Crippen molar-refractivity contribution in [3.05, 3.63) is 64.7 Å². The number of primary amides is 1. The average Bonchev–Trinajstić information content (AvgIpc) is 3.10. The number of hydrogen-bond donors (Lipinski definition) is 2. The van der Waals surface area contributed by atoms with Crippen LogP contribution in [0.3, 0.4) is 0 Å². The van der Waals surface area contributed by atoms with Crippen molar-refractivity contribution in [1.29, 1.82) is 0 Å². The third-order valence-electron chi connectivity index (χ3n) is 6.87. The highest BCUT2D eigenvalue weighted by Crippen LogP contribution is 2.39. The molecule has 0 bridgehead atoms. The normalized spacial score (nSPS) is 17.5. The predicted octanol–water partition coefficient (Wildman–Crippen LogP) is 2.00. The van der Waals surface area contributed by atoms with Gasteiger partial charge in [-0.25, -0.2) is 0 Å². The van der Waals surface area contributed by atoms with E-state index < -0.39 is 11.4 Å². The summed E-state index contributed by atoms with van der Waals surface area (Å²) in [7, 11) is 0. The monoisotopic (exact) mass is 483 g/mol. The Labute approximate surface area is 204 Å². The van der Waals surface area contributed by atoms with Crippen molar-refractivity contribution in [3.8, 4) is 0 Å². The second-order valence-corrected chi connectivity index (χ2v) is 9.28. The minimum Gasteiger partial charge on any atom is -0.366 e. The summed E-state index contributed by atoms with van der Waals surface area (Å²) >= 11 is 5.98. The number of carbonyl (C=O) groups excluding carboxylic acids is 3. The van der Waals surface area contributed by atoms with Gasteiger partial charge in [0.2, 0.25) is 17.7 Å². The number of benzene rings is 2. The van der Waals surface area contributed by atoms with Crippen molar-refractivity contribution >= 4 is 35.0 Å². The molecule has 4 N–H and O–H groups in total. The number of para-hydroxylation sites is 1. The van der Waals surface area contributed by atoms with Crippen LogP contribution in [0.5, 0.6) is 0 Å². The summed E-state index contributed by atoms with van der Waals surface area (Å²) in [6, 6.07) is 14.9. The van der Waals surface area contributed by atoms with Gasteiger partial charge in [0, 0.05) is 48.9 Å². The lowest BCUT2D eigenvalue weighted by Crippen LogP contribution is -2.57. The Bertz CT molecular complexity index is 1070. The average molecular weight is 484 g/mol. The molecule has 34 heavy (non-hydrogen) atoms. The molecule has 1 spiro atoms. The number of rotatable bonds is 7. The van der Waals surface area contributed by atoms with Crippen LogP contribution in [0.15, 0.2) is 48.5 Å². The number of amides is 3. The molecule has 0 aliphatic carbocycles. The standard InChI is InChI=1S/C25H30ClN5O3/c26-19-8-6-18(21(16-19)23(28)33)7-9-22(32)29-13-10-25(11-14-29)24(34)30(15-12-27)17-31(25)20-4-2-1-3-5-20/h1-6,8,16H,7,9-15,17,27H2,(H2,28,33). The number of nitrogens with zero attached hydrogens (tertiary/aromatic N) is 3. The molecule has 2 aromatic carbocycles. The fourth-order valence-corrected chi connectivity index (χ4v) is 5.22. The molecule has 8 nitrogen and oxygen atoms in total. The van der Waals surface area contributed by atoms with Gasteiger partial charge in [0.05, 0.1) is 6.67 Å². The topological polar surface area (TPSA) is 113 Å². The largest absolute Gasteiger partial charge is 0.366 e. The number of likely N-dealkylation sites (tertiary alicyclic amines) is 1. The fourth-order valence-electron chi connectivity index (χ4n) is 5.05. The van der Waals surface area contributed by atoms with E-state index in [2.05, 4.69) is 4.90 Å². The van der Waals surface area contributed by atoms with Crippen molar-refractivity contribution in [1.82, 2.24) is 9.80 Å². The molecule has 0 saturated carbocycles. The summed E-state index contributed by atoms with van der Waals surface area (Å²) < 4.78 is 0. The second-order valence-electron chi connectivity index (χ2n) is 8.84. The van der Waals surface area contributed by atoms with Crippen LogP contribution in [0.4, 0.5) is 5.69 Å². The van der Waals surface area contributed by atoms with E-state index in [-0.39, 0.29) is 18.2 Å². The van der Waals surface area contributed by atoms with Crippen LogP contribution >= 0.6 is 11.6 Å². The highest BCUT2D eigenvalue weighted by atomic mass is 35.5. The molecule has 2 aliphatic rings. The van der Waals surface area contributed by atoms with Crippen molar-refractivity contribution < 1.29 is 14.4 Å². The van der Waals surface area contributed by atoms with Crippen LogP contribution < -0.4 is 16.4 Å². The Balaban J connectivity index is 1.44. The SMILES string of the molecule is NCCN1CN(c2ccccc2)C2(CCN(C(=O)CCc3ccc(Cl)cc3C(N)=O)CC2)C1=O. The molecule has 2 aromatic rings. The van der Waals surface area contributed by atoms with Gasteiger partial charge in [0.15, 0.2) is 0 Å². The number of hydrogen-bond acceptors (Lipinski definition) is 5. The van der Waals surface area contributed by atoms with Gasteiger partial charge in [0.1, 0.15) is 5.54 Å². The minimum atomic E-state index is -0.664. The van der Waals surface area contributed by atoms with E-state index >= 15 is 0 Å². The molecular formula is C25H30ClN5O3. The number of piperidine rings is 1. The number of nitrogens with two attached hydrogens (primary N) is 2. The lowest BCUT2D eigenvalue weighted by atomic mass is 9.85. The van der Waals surface area contributed by atoms with Gasteiger partial charge >= 0.3 is 0 Å². The maximum atomic E-state index is 13.4. The van der Waals surface area contributed by atoms with Crippen LogP contribution in [0, 0.1) is 0 Å². The van der Waals surface area contributed by atoms with Gasteiger partial charge in [-0.2, -0.15) is 0 Å². The van der Waals surface area contributed by atoms with E-state index in [0.717, 1.165) is 5.69 Å². The molecule has 4 rings (SSSR count). The first-order chi connectivity index (χ1) is 16.4. The quantitative estimate of drug-likeness (QED) is 0.625. The molecule has 2 saturated heterocycles. The van der Waals surface area contributed by atoms with E-state index in [1.807, 2.05) is 40.1 Å². The first kappa shape index (κ1) is 24.0. The number of halogens is 1. The highest BCUT2D eigenvalue weighted by Gasteiger charge is 2.53. The van der Waals surface area contributed by atoms with Gasteiger partial charge in [-0.05, 0) is 49.1 Å². The lowest BCUT2D eigenvalue weighted by Gasteiger charge is -2.43. The summed E-state index contributed by atoms with van der Waals surface area (Å²) in [4.78, 5) is 44.0. The zero-order valence-electron chi connectivity index (χ0n) is 19.1. The Morgan fingerprint density at radius 2 is 1.76 bits per heavy atom. The van der Waals surface area contributed by atoms with Crippen molar-refractivity contribution in [3.63, 3.8) is 0 Å². The van der Waals surface area contributed by atoms with E-state index in [1.165, 1.54) is 6.07 Å². The van der Waals surface area contributed by atoms with E-state index in [1.54, 1.807) is 12.1 Å². The smallest absolute Gasteiger partial charge is 0.250 e. The molecule has 3 amide bonds. The zero-order chi connectivity index (χ0) is 24.3. The van der Waals surface area contributed by atoms with Crippen LogP contribution in [0.2, 0.25) is 5.02 Å². The van der Waals surface area contributed by atoms with Gasteiger partial charge in [-0.3, -0.25) is 14.4 Å². The summed E-state index contributed by atoms with van der Waals surface area (Å²) in [6.07, 6.45) is 1.77. The number of carbonyl (C=O) groups is 3. The summed E-state index contributed by atoms with van der Waals surface area (Å²) in [6.45, 7) is 2.41. The van der Waals surface area contributed by atoms with Crippen molar-refractivity contribution in [2.24, 2.45) is 11.5 Å². The zero-order valence-corrected chi connectivity index (χ0v) is 19.8. The Hall–Kier alpha value is -3.10. The second kappa shape index (κ2) is 10.0. The molecular weight excluding hydrogens is 454 g/mol. The predicted molar refractivity (Wildman–Crippen MR) is 131 cm³/mol. The van der Waals surface area contributed by atoms with Gasteiger partial charge < -0.3 is 26.2 Å². The number of anilines is 1. The van der Waals surface area contributed by atoms with Gasteiger partial charge in [0.25, 0.3) is 0 Å². The van der Waals surface area contributed by atoms with Crippen LogP contribution in [0.25, 0.3) is 0 Å². The third kappa shape index (κ3) is 4.60. The molecule has 0 radical (unpaired) electrons. The van der Waals surface area contributed by atoms with Crippen LogP contribution in [0.1, 0.15) is 35.2 Å². The Morgan fingerprint density at radius 1 is 1.06 bits per heavy atom. The van der Waals surface area contributed by atoms with Crippen LogP contribution in [-0.4, -0.2) is 65.9 Å². The highest BCUT2D eigenvalue weighted by molar-refractivity contribution is 6.31. The first-order valence-corrected chi connectivity index (χ1v) is 11.9. The molecule has 2 fully saturated rings. The molecule has 9 heteroatoms. The third-order valence-corrected chi connectivity index (χ3v) is 7.10. The maximum Gasteiger partial charge on any atom is 0.250 e. The summed E-state index contributed by atoms with van der Waals surface area (Å²) in [5, 5.41) is 0.429. The molecule has 0 aromatic heterocycles. The molecule has 2 heterocycles. The molecule has 2 aliphatic heterocycles. The van der Waals surface area contributed by atoms with E-state index in [9.17, 15) is 14.4 Å². The maximum absolute atomic E-state index is 13.4. The van der Waals surface area contributed by atoms with Crippen LogP contribution in [-0.2, 0) is 16.0 Å². The van der Waals surface area contributed by atoms with Crippen molar-refractivity contribution in [2.75, 3.05) is 37.7 Å².